The summed E-state index contributed by atoms with van der Waals surface area (Å²) in [5, 5.41) is 7.47. The van der Waals surface area contributed by atoms with Gasteiger partial charge in [0.05, 0.1) is 19.0 Å². The van der Waals surface area contributed by atoms with E-state index in [1.807, 2.05) is 11.0 Å². The maximum Gasteiger partial charge on any atom is 0.268 e. The van der Waals surface area contributed by atoms with Gasteiger partial charge in [-0.25, -0.2) is 19.9 Å². The molecule has 0 aromatic carbocycles. The van der Waals surface area contributed by atoms with Gasteiger partial charge in [-0.05, 0) is 6.07 Å². The minimum absolute atomic E-state index is 0.122. The summed E-state index contributed by atoms with van der Waals surface area (Å²) in [5.41, 5.74) is 12.8. The van der Waals surface area contributed by atoms with E-state index in [0.717, 1.165) is 0 Å². The van der Waals surface area contributed by atoms with Crippen molar-refractivity contribution < 1.29 is 9.53 Å². The number of primary amides is 1. The molecule has 4 rings (SSSR count). The number of nitrogens with two attached hydrogens (primary N) is 2. The van der Waals surface area contributed by atoms with Gasteiger partial charge in [0.1, 0.15) is 23.3 Å². The average molecular weight is 393 g/mol. The van der Waals surface area contributed by atoms with E-state index >= 15 is 0 Å². The molecule has 0 spiro atoms. The lowest BCUT2D eigenvalue weighted by molar-refractivity contribution is 0.0676. The van der Waals surface area contributed by atoms with Crippen molar-refractivity contribution in [3.8, 4) is 11.5 Å². The lowest BCUT2D eigenvalue weighted by Gasteiger charge is -2.34. The molecule has 5 N–H and O–H groups in total. The number of hydrogen-bond acceptors (Lipinski definition) is 9. The zero-order valence-electron chi connectivity index (χ0n) is 15.4. The van der Waals surface area contributed by atoms with Crippen molar-refractivity contribution in [3.05, 3.63) is 48.3 Å². The first-order valence-electron chi connectivity index (χ1n) is 8.86. The van der Waals surface area contributed by atoms with Crippen molar-refractivity contribution in [2.45, 2.75) is 6.10 Å². The van der Waals surface area contributed by atoms with E-state index < -0.39 is 5.91 Å². The Morgan fingerprint density at radius 2 is 2.17 bits per heavy atom. The van der Waals surface area contributed by atoms with Gasteiger partial charge in [0.15, 0.2) is 11.5 Å². The van der Waals surface area contributed by atoms with Crippen LogP contribution in [0.3, 0.4) is 0 Å². The molecular weight excluding hydrogens is 374 g/mol. The predicted molar refractivity (Wildman–Crippen MR) is 106 cm³/mol. The molecule has 1 saturated heterocycles. The molecule has 148 valence electrons. The van der Waals surface area contributed by atoms with Crippen molar-refractivity contribution in [1.29, 1.82) is 5.41 Å². The molecule has 3 aromatic heterocycles. The van der Waals surface area contributed by atoms with Crippen LogP contribution in [0.4, 0.5) is 5.82 Å². The molecule has 3 aromatic rings. The van der Waals surface area contributed by atoms with Gasteiger partial charge in [0.2, 0.25) is 0 Å². The van der Waals surface area contributed by atoms with Crippen molar-refractivity contribution in [2.75, 3.05) is 24.6 Å². The van der Waals surface area contributed by atoms with Crippen LogP contribution in [0.25, 0.3) is 17.2 Å². The van der Waals surface area contributed by atoms with E-state index in [0.29, 0.717) is 48.3 Å². The van der Waals surface area contributed by atoms with Gasteiger partial charge in [-0.15, -0.1) is 0 Å². The Morgan fingerprint density at radius 1 is 1.31 bits per heavy atom. The Hall–Kier alpha value is -3.86. The minimum Gasteiger partial charge on any atom is -0.404 e. The van der Waals surface area contributed by atoms with Gasteiger partial charge in [0, 0.05) is 43.5 Å². The lowest BCUT2D eigenvalue weighted by atomic mass is 10.1. The molecule has 1 fully saturated rings. The molecule has 4 heterocycles. The van der Waals surface area contributed by atoms with Crippen molar-refractivity contribution in [2.24, 2.45) is 11.5 Å². The lowest BCUT2D eigenvalue weighted by Crippen LogP contribution is -2.44. The first-order chi connectivity index (χ1) is 14.1. The van der Waals surface area contributed by atoms with Gasteiger partial charge in [0.25, 0.3) is 5.91 Å². The Balaban J connectivity index is 1.67. The number of rotatable bonds is 5. The molecule has 1 aliphatic heterocycles. The Labute approximate surface area is 165 Å². The third kappa shape index (κ3) is 3.50. The first kappa shape index (κ1) is 18.5. The summed E-state index contributed by atoms with van der Waals surface area (Å²) in [4.78, 5) is 30.8. The van der Waals surface area contributed by atoms with Crippen LogP contribution in [-0.2, 0) is 4.74 Å². The Kier molecular flexibility index (Phi) is 4.87. The van der Waals surface area contributed by atoms with Crippen molar-refractivity contribution >= 4 is 23.6 Å². The average Bonchev–Trinajstić information content (AvgIpc) is 3.18. The fourth-order valence-corrected chi connectivity index (χ4v) is 3.14. The standard InChI is InChI=1S/C18H19N9O2/c19-5-11(6-20)14-10-26(3-4-29-14)15-1-2-22-18(25-15)13-7-24-16-8-23-12(17(21)28)9-27(13)16/h1-2,5-9,14,19H,3-4,10,20H2,(H2,21,28). The molecule has 11 heteroatoms. The Bertz CT molecular complexity index is 1110. The number of ether oxygens (including phenoxy) is 1. The quantitative estimate of drug-likeness (QED) is 0.510. The smallest absolute Gasteiger partial charge is 0.268 e. The molecular formula is C18H19N9O2. The number of morpholine rings is 1. The number of hydrogen-bond donors (Lipinski definition) is 3. The van der Waals surface area contributed by atoms with E-state index in [1.54, 1.807) is 16.8 Å². The summed E-state index contributed by atoms with van der Waals surface area (Å²) in [6.07, 6.45) is 8.55. The predicted octanol–water partition coefficient (Wildman–Crippen LogP) is -0.0174. The van der Waals surface area contributed by atoms with Gasteiger partial charge >= 0.3 is 0 Å². The number of anilines is 1. The highest BCUT2D eigenvalue weighted by Crippen LogP contribution is 2.22. The molecule has 1 aliphatic rings. The maximum absolute atomic E-state index is 11.5. The number of aromatic nitrogens is 5. The second-order valence-corrected chi connectivity index (χ2v) is 6.36. The molecule has 0 bridgehead atoms. The number of nitrogens with zero attached hydrogens (tertiary/aromatic N) is 6. The summed E-state index contributed by atoms with van der Waals surface area (Å²) in [6, 6.07) is 1.81. The normalized spacial score (nSPS) is 17.4. The third-order valence-corrected chi connectivity index (χ3v) is 4.64. The number of fused-ring (bicyclic) bond motifs is 1. The zero-order valence-corrected chi connectivity index (χ0v) is 15.4. The molecule has 11 nitrogen and oxygen atoms in total. The molecule has 0 aliphatic carbocycles. The van der Waals surface area contributed by atoms with Crippen LogP contribution in [-0.4, -0.2) is 62.3 Å². The topological polar surface area (TPSA) is 161 Å². The third-order valence-electron chi connectivity index (χ3n) is 4.64. The van der Waals surface area contributed by atoms with E-state index in [4.69, 9.17) is 21.6 Å². The fourth-order valence-electron chi connectivity index (χ4n) is 3.14. The van der Waals surface area contributed by atoms with Crippen LogP contribution < -0.4 is 16.4 Å². The minimum atomic E-state index is -0.629. The van der Waals surface area contributed by atoms with Gasteiger partial charge in [-0.3, -0.25) is 9.20 Å². The summed E-state index contributed by atoms with van der Waals surface area (Å²) < 4.78 is 7.40. The van der Waals surface area contributed by atoms with Crippen LogP contribution in [0, 0.1) is 5.41 Å². The van der Waals surface area contributed by atoms with Crippen molar-refractivity contribution in [1.82, 2.24) is 24.3 Å². The first-order valence-corrected chi connectivity index (χ1v) is 8.86. The van der Waals surface area contributed by atoms with Crippen LogP contribution >= 0.6 is 0 Å². The van der Waals surface area contributed by atoms with Gasteiger partial charge < -0.3 is 26.5 Å². The molecule has 1 amide bonds. The number of carbonyl (C=O) groups is 1. The molecule has 0 radical (unpaired) electrons. The highest BCUT2D eigenvalue weighted by Gasteiger charge is 2.24. The van der Waals surface area contributed by atoms with E-state index in [-0.39, 0.29) is 11.8 Å². The summed E-state index contributed by atoms with van der Waals surface area (Å²) in [7, 11) is 0. The highest BCUT2D eigenvalue weighted by molar-refractivity contribution is 5.90. The van der Waals surface area contributed by atoms with Crippen molar-refractivity contribution in [3.63, 3.8) is 0 Å². The van der Waals surface area contributed by atoms with Crippen LogP contribution in [0.5, 0.6) is 0 Å². The summed E-state index contributed by atoms with van der Waals surface area (Å²) in [6.45, 7) is 1.64. The second kappa shape index (κ2) is 7.64. The number of nitrogens with one attached hydrogen (secondary N) is 1. The number of amides is 1. The molecule has 0 saturated carbocycles. The summed E-state index contributed by atoms with van der Waals surface area (Å²) in [5.74, 6) is 0.528. The van der Waals surface area contributed by atoms with Gasteiger partial charge in [-0.2, -0.15) is 0 Å². The van der Waals surface area contributed by atoms with Crippen LogP contribution in [0.2, 0.25) is 0 Å². The molecule has 29 heavy (non-hydrogen) atoms. The maximum atomic E-state index is 11.5. The van der Waals surface area contributed by atoms with Gasteiger partial charge in [-0.1, -0.05) is 0 Å². The van der Waals surface area contributed by atoms with E-state index in [9.17, 15) is 4.79 Å². The number of carbonyl (C=O) groups excluding carboxylic acids is 1. The fraction of sp³-hybridized carbons (Fsp3) is 0.222. The largest absolute Gasteiger partial charge is 0.404 e. The Morgan fingerprint density at radius 3 is 2.93 bits per heavy atom. The van der Waals surface area contributed by atoms with Crippen LogP contribution in [0.15, 0.2) is 42.6 Å². The second-order valence-electron chi connectivity index (χ2n) is 6.36. The summed E-state index contributed by atoms with van der Waals surface area (Å²) >= 11 is 0. The van der Waals surface area contributed by atoms with E-state index in [2.05, 4.69) is 19.9 Å². The molecule has 1 unspecified atom stereocenters. The molecule has 1 atom stereocenters. The van der Waals surface area contributed by atoms with Crippen LogP contribution in [0.1, 0.15) is 10.5 Å². The van der Waals surface area contributed by atoms with E-state index in [1.165, 1.54) is 24.8 Å². The highest BCUT2D eigenvalue weighted by atomic mass is 16.5. The number of imidazole rings is 1. The zero-order chi connectivity index (χ0) is 20.4. The monoisotopic (exact) mass is 393 g/mol. The SMILES string of the molecule is N=CC(=CN)C1CN(c2ccnc(-c3cnc4cnc(C(N)=O)cn34)n2)CCO1.